The van der Waals surface area contributed by atoms with Crippen LogP contribution in [0.3, 0.4) is 0 Å². The molecule has 20 heavy (non-hydrogen) atoms. The summed E-state index contributed by atoms with van der Waals surface area (Å²) >= 11 is 0. The first-order valence-electron chi connectivity index (χ1n) is 7.80. The van der Waals surface area contributed by atoms with Gasteiger partial charge in [-0.25, -0.2) is 4.39 Å². The Balaban J connectivity index is 2.02. The van der Waals surface area contributed by atoms with Gasteiger partial charge < -0.3 is 0 Å². The Morgan fingerprint density at radius 1 is 1.15 bits per heavy atom. The third-order valence-corrected chi connectivity index (χ3v) is 5.79. The van der Waals surface area contributed by atoms with Crippen LogP contribution in [0.4, 0.5) is 4.39 Å². The molecule has 2 aromatic carbocycles. The van der Waals surface area contributed by atoms with Crippen LogP contribution < -0.4 is 0 Å². The summed E-state index contributed by atoms with van der Waals surface area (Å²) in [6.07, 6.45) is 6.22. The minimum absolute atomic E-state index is 0.0325. The van der Waals surface area contributed by atoms with Crippen molar-refractivity contribution in [3.63, 3.8) is 0 Å². The Labute approximate surface area is 120 Å². The van der Waals surface area contributed by atoms with Gasteiger partial charge in [0.15, 0.2) is 0 Å². The van der Waals surface area contributed by atoms with E-state index in [1.807, 2.05) is 18.2 Å². The summed E-state index contributed by atoms with van der Waals surface area (Å²) < 4.78 is 14.5. The molecule has 0 saturated heterocycles. The maximum absolute atomic E-state index is 14.5. The van der Waals surface area contributed by atoms with Gasteiger partial charge in [0.25, 0.3) is 0 Å². The van der Waals surface area contributed by atoms with E-state index < -0.39 is 0 Å². The van der Waals surface area contributed by atoms with Gasteiger partial charge in [-0.05, 0) is 66.5 Å². The lowest BCUT2D eigenvalue weighted by molar-refractivity contribution is 0.252. The van der Waals surface area contributed by atoms with E-state index in [9.17, 15) is 4.39 Å². The highest BCUT2D eigenvalue weighted by Gasteiger charge is 2.43. The maximum Gasteiger partial charge on any atom is 0.131 e. The van der Waals surface area contributed by atoms with Gasteiger partial charge in [-0.15, -0.1) is 0 Å². The molecule has 0 bridgehead atoms. The fourth-order valence-corrected chi connectivity index (χ4v) is 4.64. The largest absolute Gasteiger partial charge is 0.206 e. The fourth-order valence-electron chi connectivity index (χ4n) is 4.64. The quantitative estimate of drug-likeness (QED) is 0.591. The normalized spacial score (nSPS) is 28.4. The predicted octanol–water partition coefficient (Wildman–Crippen LogP) is 5.51. The van der Waals surface area contributed by atoms with Crippen LogP contribution in [0.25, 0.3) is 10.8 Å². The summed E-state index contributed by atoms with van der Waals surface area (Å²) in [5.41, 5.74) is 4.38. The van der Waals surface area contributed by atoms with Crippen LogP contribution >= 0.6 is 0 Å². The predicted molar refractivity (Wildman–Crippen MR) is 81.7 cm³/mol. The van der Waals surface area contributed by atoms with Crippen molar-refractivity contribution >= 4 is 10.8 Å². The van der Waals surface area contributed by atoms with Crippen molar-refractivity contribution in [1.82, 2.24) is 0 Å². The van der Waals surface area contributed by atoms with Gasteiger partial charge in [-0.2, -0.15) is 0 Å². The topological polar surface area (TPSA) is 0 Å². The average molecular weight is 268 g/mol. The number of benzene rings is 2. The van der Waals surface area contributed by atoms with Gasteiger partial charge >= 0.3 is 0 Å². The zero-order valence-corrected chi connectivity index (χ0v) is 12.3. The third-order valence-electron chi connectivity index (χ3n) is 5.79. The average Bonchev–Trinajstić information content (AvgIpc) is 2.81. The van der Waals surface area contributed by atoms with Gasteiger partial charge in [0, 0.05) is 5.39 Å². The second-order valence-electron chi connectivity index (χ2n) is 7.07. The van der Waals surface area contributed by atoms with Gasteiger partial charge in [0.05, 0.1) is 0 Å². The Bertz CT molecular complexity index is 700. The lowest BCUT2D eigenvalue weighted by Gasteiger charge is -2.38. The second kappa shape index (κ2) is 4.07. The maximum atomic E-state index is 14.5. The molecule has 2 aliphatic carbocycles. The summed E-state index contributed by atoms with van der Waals surface area (Å²) in [6, 6.07) is 7.98. The van der Waals surface area contributed by atoms with E-state index in [1.165, 1.54) is 42.4 Å². The van der Waals surface area contributed by atoms with E-state index >= 15 is 0 Å². The van der Waals surface area contributed by atoms with Crippen LogP contribution in [0.15, 0.2) is 24.3 Å². The molecule has 104 valence electrons. The SMILES string of the molecule is Cc1ccc2c(F)cc3c(c2c1)CCC1(C)CCCC31. The molecule has 2 unspecified atom stereocenters. The van der Waals surface area contributed by atoms with Gasteiger partial charge in [0.2, 0.25) is 0 Å². The first-order valence-corrected chi connectivity index (χ1v) is 7.80. The number of fused-ring (bicyclic) bond motifs is 5. The zero-order valence-electron chi connectivity index (χ0n) is 12.3. The van der Waals surface area contributed by atoms with Crippen molar-refractivity contribution in [1.29, 1.82) is 0 Å². The van der Waals surface area contributed by atoms with Crippen LogP contribution in [0.2, 0.25) is 0 Å². The highest BCUT2D eigenvalue weighted by Crippen LogP contribution is 2.56. The lowest BCUT2D eigenvalue weighted by Crippen LogP contribution is -2.26. The van der Waals surface area contributed by atoms with Gasteiger partial charge in [0.1, 0.15) is 5.82 Å². The van der Waals surface area contributed by atoms with Crippen molar-refractivity contribution in [3.05, 3.63) is 46.8 Å². The number of rotatable bonds is 0. The van der Waals surface area contributed by atoms with E-state index in [1.54, 1.807) is 0 Å². The molecule has 1 saturated carbocycles. The van der Waals surface area contributed by atoms with Crippen LogP contribution in [0, 0.1) is 18.2 Å². The van der Waals surface area contributed by atoms with Crippen molar-refractivity contribution in [2.75, 3.05) is 0 Å². The molecule has 0 nitrogen and oxygen atoms in total. The number of halogens is 1. The molecule has 0 heterocycles. The molecule has 0 aliphatic heterocycles. The van der Waals surface area contributed by atoms with E-state index in [2.05, 4.69) is 19.9 Å². The van der Waals surface area contributed by atoms with Crippen molar-refractivity contribution in [2.45, 2.75) is 51.9 Å². The Hall–Kier alpha value is -1.37. The van der Waals surface area contributed by atoms with Crippen LogP contribution in [-0.2, 0) is 6.42 Å². The Morgan fingerprint density at radius 3 is 2.85 bits per heavy atom. The van der Waals surface area contributed by atoms with Crippen LogP contribution in [-0.4, -0.2) is 0 Å². The molecule has 2 aromatic rings. The summed E-state index contributed by atoms with van der Waals surface area (Å²) in [5, 5.41) is 1.96. The molecule has 0 radical (unpaired) electrons. The van der Waals surface area contributed by atoms with Gasteiger partial charge in [-0.3, -0.25) is 0 Å². The number of hydrogen-bond acceptors (Lipinski definition) is 0. The third kappa shape index (κ3) is 1.58. The molecule has 2 atom stereocenters. The van der Waals surface area contributed by atoms with E-state index in [0.717, 1.165) is 17.2 Å². The molecule has 2 aliphatic rings. The van der Waals surface area contributed by atoms with Crippen LogP contribution in [0.1, 0.15) is 55.2 Å². The van der Waals surface area contributed by atoms with Gasteiger partial charge in [-0.1, -0.05) is 37.1 Å². The molecule has 0 spiro atoms. The molecule has 0 aromatic heterocycles. The standard InChI is InChI=1S/C19H21F/c1-12-5-6-14-15(10-12)13-7-9-19(2)8-3-4-17(19)16(13)11-18(14)20/h5-6,10-11,17H,3-4,7-9H2,1-2H3. The zero-order chi connectivity index (χ0) is 13.9. The monoisotopic (exact) mass is 268 g/mol. The van der Waals surface area contributed by atoms with E-state index in [0.29, 0.717) is 11.3 Å². The molecule has 0 amide bonds. The molecule has 1 fully saturated rings. The smallest absolute Gasteiger partial charge is 0.131 e. The Morgan fingerprint density at radius 2 is 2.00 bits per heavy atom. The van der Waals surface area contributed by atoms with Crippen molar-refractivity contribution < 1.29 is 4.39 Å². The highest BCUT2D eigenvalue weighted by molar-refractivity contribution is 5.88. The minimum Gasteiger partial charge on any atom is -0.206 e. The molecular weight excluding hydrogens is 247 g/mol. The fraction of sp³-hybridized carbons (Fsp3) is 0.474. The first-order chi connectivity index (χ1) is 9.58. The Kier molecular flexibility index (Phi) is 2.52. The molecular formula is C19H21F. The first kappa shape index (κ1) is 12.4. The minimum atomic E-state index is -0.0325. The summed E-state index contributed by atoms with van der Waals surface area (Å²) in [6.45, 7) is 4.51. The van der Waals surface area contributed by atoms with E-state index in [4.69, 9.17) is 0 Å². The van der Waals surface area contributed by atoms with Crippen molar-refractivity contribution in [2.24, 2.45) is 5.41 Å². The lowest BCUT2D eigenvalue weighted by atomic mass is 9.66. The number of hydrogen-bond donors (Lipinski definition) is 0. The van der Waals surface area contributed by atoms with Crippen LogP contribution in [0.5, 0.6) is 0 Å². The van der Waals surface area contributed by atoms with Crippen molar-refractivity contribution in [3.8, 4) is 0 Å². The summed E-state index contributed by atoms with van der Waals surface area (Å²) in [4.78, 5) is 0. The summed E-state index contributed by atoms with van der Waals surface area (Å²) in [5.74, 6) is 0.542. The number of aryl methyl sites for hydroxylation is 2. The summed E-state index contributed by atoms with van der Waals surface area (Å²) in [7, 11) is 0. The molecule has 0 N–H and O–H groups in total. The van der Waals surface area contributed by atoms with E-state index in [-0.39, 0.29) is 5.82 Å². The molecule has 4 rings (SSSR count). The second-order valence-corrected chi connectivity index (χ2v) is 7.07. The highest BCUT2D eigenvalue weighted by atomic mass is 19.1. The molecule has 1 heteroatoms.